The van der Waals surface area contributed by atoms with E-state index in [2.05, 4.69) is 10.3 Å². The van der Waals surface area contributed by atoms with Crippen molar-refractivity contribution in [2.45, 2.75) is 27.3 Å². The Morgan fingerprint density at radius 2 is 1.95 bits per heavy atom. The second-order valence-corrected chi connectivity index (χ2v) is 4.84. The number of aryl methyl sites for hydroxylation is 3. The van der Waals surface area contributed by atoms with Crippen LogP contribution in [0.1, 0.15) is 16.8 Å². The average molecular weight is 271 g/mol. The lowest BCUT2D eigenvalue weighted by molar-refractivity contribution is -0.116. The molecule has 1 heterocycles. The molecule has 0 bridgehead atoms. The number of hydrogen-bond acceptors (Lipinski definition) is 3. The van der Waals surface area contributed by atoms with Gasteiger partial charge in [-0.15, -0.1) is 0 Å². The van der Waals surface area contributed by atoms with Crippen molar-refractivity contribution in [1.29, 1.82) is 0 Å². The first kappa shape index (κ1) is 14.0. The molecule has 1 N–H and O–H groups in total. The van der Waals surface area contributed by atoms with Crippen molar-refractivity contribution in [3.05, 3.63) is 57.8 Å². The monoisotopic (exact) mass is 271 g/mol. The van der Waals surface area contributed by atoms with E-state index in [1.807, 2.05) is 32.0 Å². The number of carbonyl (C=O) groups is 1. The summed E-state index contributed by atoms with van der Waals surface area (Å²) in [7, 11) is 0. The third-order valence-corrected chi connectivity index (χ3v) is 3.12. The summed E-state index contributed by atoms with van der Waals surface area (Å²) in [6, 6.07) is 7.10. The van der Waals surface area contributed by atoms with Crippen molar-refractivity contribution in [3.8, 4) is 0 Å². The zero-order chi connectivity index (χ0) is 14.7. The van der Waals surface area contributed by atoms with E-state index >= 15 is 0 Å². The van der Waals surface area contributed by atoms with Gasteiger partial charge in [0.05, 0.1) is 6.33 Å². The molecule has 0 spiro atoms. The second-order valence-electron chi connectivity index (χ2n) is 4.84. The molecule has 1 aromatic heterocycles. The van der Waals surface area contributed by atoms with Crippen LogP contribution in [0, 0.1) is 20.8 Å². The molecule has 0 saturated heterocycles. The zero-order valence-corrected chi connectivity index (χ0v) is 11.8. The van der Waals surface area contributed by atoms with Crippen molar-refractivity contribution in [3.63, 3.8) is 0 Å². The van der Waals surface area contributed by atoms with Crippen LogP contribution in [-0.4, -0.2) is 15.5 Å². The lowest BCUT2D eigenvalue weighted by atomic mass is 10.1. The van der Waals surface area contributed by atoms with Gasteiger partial charge in [-0.2, -0.15) is 0 Å². The van der Waals surface area contributed by atoms with E-state index < -0.39 is 0 Å². The fourth-order valence-corrected chi connectivity index (χ4v) is 1.81. The summed E-state index contributed by atoms with van der Waals surface area (Å²) in [6.45, 7) is 5.69. The van der Waals surface area contributed by atoms with E-state index in [-0.39, 0.29) is 18.0 Å². The number of nitrogens with zero attached hydrogens (tertiary/aromatic N) is 2. The Morgan fingerprint density at radius 3 is 2.60 bits per heavy atom. The number of hydrogen-bond donors (Lipinski definition) is 1. The van der Waals surface area contributed by atoms with E-state index in [0.29, 0.717) is 5.69 Å². The van der Waals surface area contributed by atoms with Crippen molar-refractivity contribution in [2.75, 3.05) is 5.32 Å². The fourth-order valence-electron chi connectivity index (χ4n) is 1.81. The van der Waals surface area contributed by atoms with Gasteiger partial charge in [0.1, 0.15) is 6.54 Å². The smallest absolute Gasteiger partial charge is 0.253 e. The molecule has 0 aliphatic heterocycles. The van der Waals surface area contributed by atoms with Gasteiger partial charge in [0.15, 0.2) is 0 Å². The van der Waals surface area contributed by atoms with Crippen LogP contribution in [-0.2, 0) is 11.3 Å². The molecule has 1 aromatic carbocycles. The molecule has 20 heavy (non-hydrogen) atoms. The highest BCUT2D eigenvalue weighted by Crippen LogP contribution is 2.13. The molecule has 0 aliphatic rings. The van der Waals surface area contributed by atoms with Gasteiger partial charge in [-0.05, 0) is 44.0 Å². The standard InChI is InChI=1S/C15H17N3O2/c1-10-4-5-13(6-11(10)2)17-14(19)8-18-9-16-12(3)7-15(18)20/h4-7,9H,8H2,1-3H3,(H,17,19). The number of amides is 1. The summed E-state index contributed by atoms with van der Waals surface area (Å²) in [5.41, 5.74) is 3.42. The van der Waals surface area contributed by atoms with Gasteiger partial charge in [-0.25, -0.2) is 4.98 Å². The highest BCUT2D eigenvalue weighted by atomic mass is 16.2. The number of benzene rings is 1. The zero-order valence-electron chi connectivity index (χ0n) is 11.8. The van der Waals surface area contributed by atoms with Crippen LogP contribution in [0.2, 0.25) is 0 Å². The lowest BCUT2D eigenvalue weighted by Gasteiger charge is -2.09. The van der Waals surface area contributed by atoms with Gasteiger partial charge in [0.25, 0.3) is 5.56 Å². The highest BCUT2D eigenvalue weighted by Gasteiger charge is 2.06. The largest absolute Gasteiger partial charge is 0.325 e. The molecule has 1 amide bonds. The van der Waals surface area contributed by atoms with E-state index in [4.69, 9.17) is 0 Å². The second kappa shape index (κ2) is 5.69. The molecule has 5 nitrogen and oxygen atoms in total. The van der Waals surface area contributed by atoms with Crippen LogP contribution in [0.3, 0.4) is 0 Å². The van der Waals surface area contributed by atoms with Crippen LogP contribution >= 0.6 is 0 Å². The summed E-state index contributed by atoms with van der Waals surface area (Å²) in [5.74, 6) is -0.249. The molecule has 2 aromatic rings. The minimum absolute atomic E-state index is 0.0426. The molecule has 0 radical (unpaired) electrons. The van der Waals surface area contributed by atoms with Crippen molar-refractivity contribution in [1.82, 2.24) is 9.55 Å². The number of rotatable bonds is 3. The first-order valence-corrected chi connectivity index (χ1v) is 6.36. The first-order chi connectivity index (χ1) is 9.45. The van der Waals surface area contributed by atoms with Crippen LogP contribution in [0.5, 0.6) is 0 Å². The Kier molecular flexibility index (Phi) is 3.98. The number of carbonyl (C=O) groups excluding carboxylic acids is 1. The predicted molar refractivity (Wildman–Crippen MR) is 77.8 cm³/mol. The van der Waals surface area contributed by atoms with Gasteiger partial charge in [0.2, 0.25) is 5.91 Å². The third-order valence-electron chi connectivity index (χ3n) is 3.12. The van der Waals surface area contributed by atoms with Gasteiger partial charge in [-0.3, -0.25) is 14.2 Å². The number of aromatic nitrogens is 2. The van der Waals surface area contributed by atoms with Gasteiger partial charge in [-0.1, -0.05) is 6.07 Å². The minimum Gasteiger partial charge on any atom is -0.325 e. The van der Waals surface area contributed by atoms with Crippen LogP contribution in [0.4, 0.5) is 5.69 Å². The molecular formula is C15H17N3O2. The quantitative estimate of drug-likeness (QED) is 0.926. The van der Waals surface area contributed by atoms with E-state index in [0.717, 1.165) is 11.3 Å². The molecule has 2 rings (SSSR count). The molecule has 0 fully saturated rings. The van der Waals surface area contributed by atoms with E-state index in [1.165, 1.54) is 22.5 Å². The average Bonchev–Trinajstić information content (AvgIpc) is 2.37. The normalized spacial score (nSPS) is 10.3. The molecule has 0 unspecified atom stereocenters. The summed E-state index contributed by atoms with van der Waals surface area (Å²) in [6.07, 6.45) is 1.39. The summed E-state index contributed by atoms with van der Waals surface area (Å²) in [4.78, 5) is 27.6. The van der Waals surface area contributed by atoms with Gasteiger partial charge < -0.3 is 5.32 Å². The molecular weight excluding hydrogens is 254 g/mol. The van der Waals surface area contributed by atoms with Crippen molar-refractivity contribution in [2.24, 2.45) is 0 Å². The molecule has 0 saturated carbocycles. The van der Waals surface area contributed by atoms with Crippen LogP contribution < -0.4 is 10.9 Å². The summed E-state index contributed by atoms with van der Waals surface area (Å²) >= 11 is 0. The Morgan fingerprint density at radius 1 is 1.20 bits per heavy atom. The Hall–Kier alpha value is -2.43. The lowest BCUT2D eigenvalue weighted by Crippen LogP contribution is -2.27. The van der Waals surface area contributed by atoms with E-state index in [1.54, 1.807) is 6.92 Å². The maximum Gasteiger partial charge on any atom is 0.253 e. The topological polar surface area (TPSA) is 64.0 Å². The van der Waals surface area contributed by atoms with Gasteiger partial charge >= 0.3 is 0 Å². The maximum atomic E-state index is 11.9. The Balaban J connectivity index is 2.09. The fraction of sp³-hybridized carbons (Fsp3) is 0.267. The van der Waals surface area contributed by atoms with Crippen molar-refractivity contribution >= 4 is 11.6 Å². The minimum atomic E-state index is -0.249. The van der Waals surface area contributed by atoms with Gasteiger partial charge in [0, 0.05) is 17.4 Å². The van der Waals surface area contributed by atoms with Crippen molar-refractivity contribution < 1.29 is 4.79 Å². The number of anilines is 1. The summed E-state index contributed by atoms with van der Waals surface area (Å²) in [5, 5.41) is 2.77. The molecule has 0 atom stereocenters. The predicted octanol–water partition coefficient (Wildman–Crippen LogP) is 1.81. The third kappa shape index (κ3) is 3.32. The maximum absolute atomic E-state index is 11.9. The van der Waals surface area contributed by atoms with E-state index in [9.17, 15) is 9.59 Å². The first-order valence-electron chi connectivity index (χ1n) is 6.36. The molecule has 5 heteroatoms. The van der Waals surface area contributed by atoms with Crippen LogP contribution in [0.25, 0.3) is 0 Å². The Bertz CT molecular complexity index is 705. The molecule has 0 aliphatic carbocycles. The number of nitrogens with one attached hydrogen (secondary N) is 1. The SMILES string of the molecule is Cc1cc(=O)n(CC(=O)Nc2ccc(C)c(C)c2)cn1. The summed E-state index contributed by atoms with van der Waals surface area (Å²) < 4.78 is 1.28. The molecule has 104 valence electrons. The van der Waals surface area contributed by atoms with Crippen LogP contribution in [0.15, 0.2) is 35.4 Å². The Labute approximate surface area is 117 Å². The highest BCUT2D eigenvalue weighted by molar-refractivity contribution is 5.90.